The van der Waals surface area contributed by atoms with Crippen molar-refractivity contribution in [1.82, 2.24) is 9.38 Å². The summed E-state index contributed by atoms with van der Waals surface area (Å²) in [5.74, 6) is 3.25. The molecule has 140 valence electrons. The molecule has 1 aromatic carbocycles. The molecule has 0 saturated carbocycles. The van der Waals surface area contributed by atoms with E-state index in [1.807, 2.05) is 47.1 Å². The van der Waals surface area contributed by atoms with E-state index in [0.717, 1.165) is 28.2 Å². The third kappa shape index (κ3) is 3.35. The van der Waals surface area contributed by atoms with Crippen LogP contribution < -0.4 is 9.64 Å². The third-order valence-electron chi connectivity index (χ3n) is 4.51. The second-order valence-corrected chi connectivity index (χ2v) is 5.92. The number of halogens is 1. The number of pyridine rings is 1. The number of amides is 1. The fraction of sp³-hybridized carbons (Fsp3) is 0.200. The van der Waals surface area contributed by atoms with Gasteiger partial charge < -0.3 is 14.6 Å². The van der Waals surface area contributed by atoms with Gasteiger partial charge in [0.2, 0.25) is 5.91 Å². The molecule has 3 aromatic rings. The van der Waals surface area contributed by atoms with Crippen LogP contribution in [0.25, 0.3) is 16.9 Å². The van der Waals surface area contributed by atoms with Crippen molar-refractivity contribution in [3.05, 3.63) is 48.3 Å². The molecule has 0 saturated heterocycles. The number of rotatable bonds is 3. The number of fused-ring (bicyclic) bond motifs is 2. The van der Waals surface area contributed by atoms with E-state index < -0.39 is 0 Å². The van der Waals surface area contributed by atoms with Crippen LogP contribution in [0.5, 0.6) is 5.75 Å². The molecule has 1 aliphatic rings. The molecule has 4 rings (SSSR count). The Morgan fingerprint density at radius 1 is 1.26 bits per heavy atom. The number of hydrogen-bond acceptors (Lipinski definition) is 3. The van der Waals surface area contributed by atoms with Gasteiger partial charge in [-0.15, -0.1) is 18.8 Å². The number of imidazole rings is 1. The fourth-order valence-corrected chi connectivity index (χ4v) is 3.38. The summed E-state index contributed by atoms with van der Waals surface area (Å²) < 4.78 is 7.48. The SMILES string of the molecule is C#CCN1C(=O)CCc2c(-c3cn4ccccc4n3)ccc(OC)c21.Cl.O. The second-order valence-electron chi connectivity index (χ2n) is 5.92. The van der Waals surface area contributed by atoms with E-state index >= 15 is 0 Å². The van der Waals surface area contributed by atoms with Crippen LogP contribution >= 0.6 is 12.4 Å². The molecule has 0 radical (unpaired) electrons. The molecular formula is C20H20ClN3O3. The van der Waals surface area contributed by atoms with Gasteiger partial charge in [-0.05, 0) is 36.2 Å². The monoisotopic (exact) mass is 385 g/mol. The van der Waals surface area contributed by atoms with Gasteiger partial charge in [-0.25, -0.2) is 4.98 Å². The van der Waals surface area contributed by atoms with Gasteiger partial charge in [0.15, 0.2) is 0 Å². The largest absolute Gasteiger partial charge is 0.495 e. The van der Waals surface area contributed by atoms with Gasteiger partial charge in [-0.1, -0.05) is 12.0 Å². The zero-order valence-electron chi connectivity index (χ0n) is 14.8. The molecule has 7 heteroatoms. The number of methoxy groups -OCH3 is 1. The van der Waals surface area contributed by atoms with E-state index in [9.17, 15) is 4.79 Å². The Bertz CT molecular complexity index is 990. The number of anilines is 1. The number of benzene rings is 1. The lowest BCUT2D eigenvalue weighted by atomic mass is 9.93. The van der Waals surface area contributed by atoms with Crippen molar-refractivity contribution in [3.8, 4) is 29.4 Å². The molecular weight excluding hydrogens is 366 g/mol. The summed E-state index contributed by atoms with van der Waals surface area (Å²) in [7, 11) is 1.60. The molecule has 2 N–H and O–H groups in total. The molecule has 0 atom stereocenters. The quantitative estimate of drug-likeness (QED) is 0.650. The van der Waals surface area contributed by atoms with Crippen LogP contribution in [0.1, 0.15) is 12.0 Å². The van der Waals surface area contributed by atoms with E-state index in [4.69, 9.17) is 16.1 Å². The van der Waals surface area contributed by atoms with E-state index in [0.29, 0.717) is 18.6 Å². The van der Waals surface area contributed by atoms with Crippen molar-refractivity contribution in [3.63, 3.8) is 0 Å². The summed E-state index contributed by atoms with van der Waals surface area (Å²) in [5.41, 5.74) is 4.59. The number of carbonyl (C=O) groups excluding carboxylic acids is 1. The molecule has 0 bridgehead atoms. The van der Waals surface area contributed by atoms with Crippen molar-refractivity contribution in [2.24, 2.45) is 0 Å². The smallest absolute Gasteiger partial charge is 0.228 e. The number of carbonyl (C=O) groups is 1. The van der Waals surface area contributed by atoms with Gasteiger partial charge in [0.25, 0.3) is 0 Å². The highest BCUT2D eigenvalue weighted by Gasteiger charge is 2.29. The lowest BCUT2D eigenvalue weighted by Gasteiger charge is -2.30. The van der Waals surface area contributed by atoms with Crippen LogP contribution in [0.3, 0.4) is 0 Å². The highest BCUT2D eigenvalue weighted by atomic mass is 35.5. The maximum absolute atomic E-state index is 12.4. The standard InChI is InChI=1S/C20H17N3O2.ClH.H2O/c1-3-11-23-19(24)10-8-15-14(7-9-17(25-2)20(15)23)16-13-22-12-5-4-6-18(22)21-16;;/h1,4-7,9,12-13H,8,10-11H2,2H3;1H;1H2. The zero-order valence-corrected chi connectivity index (χ0v) is 15.6. The van der Waals surface area contributed by atoms with E-state index in [1.54, 1.807) is 12.0 Å². The molecule has 0 fully saturated rings. The minimum Gasteiger partial charge on any atom is -0.495 e. The van der Waals surface area contributed by atoms with Gasteiger partial charge in [0.1, 0.15) is 11.4 Å². The van der Waals surface area contributed by atoms with Crippen LogP contribution in [0, 0.1) is 12.3 Å². The topological polar surface area (TPSA) is 78.3 Å². The number of terminal acetylenes is 1. The van der Waals surface area contributed by atoms with Crippen LogP contribution in [0.2, 0.25) is 0 Å². The first kappa shape index (κ1) is 20.3. The van der Waals surface area contributed by atoms with Crippen LogP contribution in [0.4, 0.5) is 5.69 Å². The summed E-state index contributed by atoms with van der Waals surface area (Å²) in [4.78, 5) is 18.7. The molecule has 1 aliphatic heterocycles. The Hall–Kier alpha value is -3.01. The Labute approximate surface area is 163 Å². The van der Waals surface area contributed by atoms with E-state index in [1.165, 1.54) is 0 Å². The normalized spacial score (nSPS) is 12.6. The minimum atomic E-state index is 0. The predicted molar refractivity (Wildman–Crippen MR) is 108 cm³/mol. The summed E-state index contributed by atoms with van der Waals surface area (Å²) >= 11 is 0. The van der Waals surface area contributed by atoms with Crippen LogP contribution in [0.15, 0.2) is 42.7 Å². The van der Waals surface area contributed by atoms with Crippen molar-refractivity contribution < 1.29 is 15.0 Å². The van der Waals surface area contributed by atoms with E-state index in [2.05, 4.69) is 5.92 Å². The third-order valence-corrected chi connectivity index (χ3v) is 4.51. The molecule has 2 aromatic heterocycles. The van der Waals surface area contributed by atoms with Gasteiger partial charge in [-0.3, -0.25) is 9.69 Å². The Morgan fingerprint density at radius 3 is 2.78 bits per heavy atom. The first-order chi connectivity index (χ1) is 12.2. The average molecular weight is 386 g/mol. The maximum atomic E-state index is 12.4. The number of hydrogen-bond donors (Lipinski definition) is 0. The van der Waals surface area contributed by atoms with Crippen molar-refractivity contribution in [2.75, 3.05) is 18.6 Å². The first-order valence-corrected chi connectivity index (χ1v) is 8.10. The van der Waals surface area contributed by atoms with Crippen LogP contribution in [-0.4, -0.2) is 34.4 Å². The highest BCUT2D eigenvalue weighted by molar-refractivity contribution is 6.00. The molecule has 0 unspecified atom stereocenters. The number of nitrogens with zero attached hydrogens (tertiary/aromatic N) is 3. The van der Waals surface area contributed by atoms with Gasteiger partial charge >= 0.3 is 0 Å². The molecule has 1 amide bonds. The average Bonchev–Trinajstić information content (AvgIpc) is 3.07. The molecule has 3 heterocycles. The summed E-state index contributed by atoms with van der Waals surface area (Å²) in [6.45, 7) is 0.233. The highest BCUT2D eigenvalue weighted by Crippen LogP contribution is 2.42. The van der Waals surface area contributed by atoms with Crippen LogP contribution in [-0.2, 0) is 11.2 Å². The summed E-state index contributed by atoms with van der Waals surface area (Å²) in [5, 5.41) is 0. The number of ether oxygens (including phenoxy) is 1. The van der Waals surface area contributed by atoms with Crippen molar-refractivity contribution in [2.45, 2.75) is 12.8 Å². The Kier molecular flexibility index (Phi) is 6.11. The molecule has 0 aliphatic carbocycles. The zero-order chi connectivity index (χ0) is 17.4. The van der Waals surface area contributed by atoms with Crippen molar-refractivity contribution >= 4 is 29.6 Å². The summed E-state index contributed by atoms with van der Waals surface area (Å²) in [6.07, 6.45) is 10.5. The number of aromatic nitrogens is 2. The van der Waals surface area contributed by atoms with Gasteiger partial charge in [0, 0.05) is 24.4 Å². The second kappa shape index (κ2) is 8.12. The molecule has 27 heavy (non-hydrogen) atoms. The van der Waals surface area contributed by atoms with Crippen molar-refractivity contribution in [1.29, 1.82) is 0 Å². The Morgan fingerprint density at radius 2 is 2.07 bits per heavy atom. The fourth-order valence-electron chi connectivity index (χ4n) is 3.38. The predicted octanol–water partition coefficient (Wildman–Crippen LogP) is 2.52. The lowest BCUT2D eigenvalue weighted by molar-refractivity contribution is -0.118. The van der Waals surface area contributed by atoms with Gasteiger partial charge in [-0.2, -0.15) is 0 Å². The lowest BCUT2D eigenvalue weighted by Crippen LogP contribution is -2.36. The Balaban J connectivity index is 0.00000131. The minimum absolute atomic E-state index is 0. The van der Waals surface area contributed by atoms with Gasteiger partial charge in [0.05, 0.1) is 25.0 Å². The first-order valence-electron chi connectivity index (χ1n) is 8.10. The van der Waals surface area contributed by atoms with E-state index in [-0.39, 0.29) is 30.3 Å². The molecule has 6 nitrogen and oxygen atoms in total. The summed E-state index contributed by atoms with van der Waals surface area (Å²) in [6, 6.07) is 9.77. The molecule has 0 spiro atoms. The maximum Gasteiger partial charge on any atom is 0.228 e.